The van der Waals surface area contributed by atoms with Crippen LogP contribution in [0.3, 0.4) is 0 Å². The van der Waals surface area contributed by atoms with Crippen LogP contribution in [0.1, 0.15) is 15.9 Å². The van der Waals surface area contributed by atoms with Gasteiger partial charge in [-0.25, -0.2) is 0 Å². The molecule has 2 aromatic rings. The van der Waals surface area contributed by atoms with Gasteiger partial charge in [-0.15, -0.1) is 0 Å². The van der Waals surface area contributed by atoms with Crippen molar-refractivity contribution in [1.29, 1.82) is 0 Å². The number of carbonyl (C=O) groups is 1. The molecular weight excluding hydrogens is 330 g/mol. The third-order valence-electron chi connectivity index (χ3n) is 2.56. The van der Waals surface area contributed by atoms with Crippen molar-refractivity contribution < 1.29 is 4.79 Å². The van der Waals surface area contributed by atoms with Gasteiger partial charge < -0.3 is 5.32 Å². The summed E-state index contributed by atoms with van der Waals surface area (Å²) >= 11 is 9.21. The number of hydrogen-bond donors (Lipinski definition) is 1. The van der Waals surface area contributed by atoms with Gasteiger partial charge in [0.2, 0.25) is 0 Å². The molecule has 0 spiro atoms. The Hall–Kier alpha value is -1.33. The summed E-state index contributed by atoms with van der Waals surface area (Å²) in [5.74, 6) is -0.154. The first-order valence-electron chi connectivity index (χ1n) is 5.78. The molecule has 100 valence electrons. The van der Waals surface area contributed by atoms with Crippen molar-refractivity contribution in [2.75, 3.05) is 6.54 Å². The number of benzene rings is 1. The van der Waals surface area contributed by atoms with Gasteiger partial charge in [0, 0.05) is 22.2 Å². The Kier molecular flexibility index (Phi) is 4.61. The smallest absolute Gasteiger partial charge is 0.252 e. The lowest BCUT2D eigenvalue weighted by molar-refractivity contribution is 0.0951. The van der Waals surface area contributed by atoms with Gasteiger partial charge in [-0.1, -0.05) is 11.6 Å². The van der Waals surface area contributed by atoms with Crippen LogP contribution >= 0.6 is 27.5 Å². The average Bonchev–Trinajstić information content (AvgIpc) is 2.78. The van der Waals surface area contributed by atoms with Crippen LogP contribution in [0.2, 0.25) is 5.02 Å². The van der Waals surface area contributed by atoms with Crippen LogP contribution in [-0.4, -0.2) is 22.2 Å². The number of aromatic nitrogens is 2. The van der Waals surface area contributed by atoms with E-state index in [1.54, 1.807) is 29.1 Å². The number of amides is 1. The van der Waals surface area contributed by atoms with Gasteiger partial charge in [0.1, 0.15) is 0 Å². The molecule has 1 aromatic heterocycles. The highest BCUT2D eigenvalue weighted by atomic mass is 79.9. The number of nitrogens with one attached hydrogen (secondary N) is 1. The fourth-order valence-corrected chi connectivity index (χ4v) is 2.24. The van der Waals surface area contributed by atoms with Crippen LogP contribution in [0.15, 0.2) is 35.1 Å². The van der Waals surface area contributed by atoms with Gasteiger partial charge in [0.25, 0.3) is 5.91 Å². The van der Waals surface area contributed by atoms with Crippen molar-refractivity contribution in [3.05, 3.63) is 51.2 Å². The number of carbonyl (C=O) groups excluding carboxylic acids is 1. The second-order valence-electron chi connectivity index (χ2n) is 4.16. The third-order valence-corrected chi connectivity index (χ3v) is 3.49. The first kappa shape index (κ1) is 14.1. The molecule has 0 saturated carbocycles. The minimum atomic E-state index is -0.154. The number of rotatable bonds is 4. The molecule has 4 nitrogen and oxygen atoms in total. The molecule has 1 amide bonds. The van der Waals surface area contributed by atoms with E-state index in [2.05, 4.69) is 26.3 Å². The second kappa shape index (κ2) is 6.21. The van der Waals surface area contributed by atoms with Gasteiger partial charge in [-0.05, 0) is 46.6 Å². The van der Waals surface area contributed by atoms with Crippen molar-refractivity contribution in [3.63, 3.8) is 0 Å². The van der Waals surface area contributed by atoms with Crippen LogP contribution in [-0.2, 0) is 6.54 Å². The van der Waals surface area contributed by atoms with E-state index in [1.807, 2.05) is 13.1 Å². The summed E-state index contributed by atoms with van der Waals surface area (Å²) in [6.07, 6.45) is 3.72. The highest BCUT2D eigenvalue weighted by Gasteiger charge is 2.10. The summed E-state index contributed by atoms with van der Waals surface area (Å²) in [7, 11) is 0. The van der Waals surface area contributed by atoms with Gasteiger partial charge in [-0.2, -0.15) is 5.10 Å². The van der Waals surface area contributed by atoms with E-state index < -0.39 is 0 Å². The Morgan fingerprint density at radius 1 is 1.53 bits per heavy atom. The standard InChI is InChI=1S/C13H13BrClN3O/c1-9-7-17-18(8-9)5-4-16-13(19)11-6-10(15)2-3-12(11)14/h2-3,6-8H,4-5H2,1H3,(H,16,19). The SMILES string of the molecule is Cc1cnn(CCNC(=O)c2cc(Cl)ccc2Br)c1. The number of hydrogen-bond acceptors (Lipinski definition) is 2. The summed E-state index contributed by atoms with van der Waals surface area (Å²) < 4.78 is 2.52. The lowest BCUT2D eigenvalue weighted by Crippen LogP contribution is -2.27. The molecule has 0 aliphatic rings. The summed E-state index contributed by atoms with van der Waals surface area (Å²) in [6.45, 7) is 3.13. The largest absolute Gasteiger partial charge is 0.350 e. The monoisotopic (exact) mass is 341 g/mol. The lowest BCUT2D eigenvalue weighted by Gasteiger charge is -2.07. The van der Waals surface area contributed by atoms with Crippen molar-refractivity contribution >= 4 is 33.4 Å². The molecule has 6 heteroatoms. The number of nitrogens with zero attached hydrogens (tertiary/aromatic N) is 2. The molecule has 1 heterocycles. The predicted octanol–water partition coefficient (Wildman–Crippen LogP) is 3.04. The maximum absolute atomic E-state index is 12.0. The molecule has 19 heavy (non-hydrogen) atoms. The Morgan fingerprint density at radius 3 is 3.00 bits per heavy atom. The summed E-state index contributed by atoms with van der Waals surface area (Å²) in [5, 5.41) is 7.53. The number of halogens is 2. The van der Waals surface area contributed by atoms with Gasteiger partial charge in [-0.3, -0.25) is 9.48 Å². The highest BCUT2D eigenvalue weighted by Crippen LogP contribution is 2.20. The van der Waals surface area contributed by atoms with Crippen molar-refractivity contribution in [2.24, 2.45) is 0 Å². The van der Waals surface area contributed by atoms with Crippen LogP contribution in [0.25, 0.3) is 0 Å². The average molecular weight is 343 g/mol. The molecule has 0 radical (unpaired) electrons. The molecule has 1 N–H and O–H groups in total. The second-order valence-corrected chi connectivity index (χ2v) is 5.45. The Balaban J connectivity index is 1.92. The fourth-order valence-electron chi connectivity index (χ4n) is 1.64. The van der Waals surface area contributed by atoms with Crippen LogP contribution < -0.4 is 5.32 Å². The van der Waals surface area contributed by atoms with Crippen LogP contribution in [0.5, 0.6) is 0 Å². The van der Waals surface area contributed by atoms with Gasteiger partial charge >= 0.3 is 0 Å². The topological polar surface area (TPSA) is 46.9 Å². The van der Waals surface area contributed by atoms with Crippen molar-refractivity contribution in [1.82, 2.24) is 15.1 Å². The highest BCUT2D eigenvalue weighted by molar-refractivity contribution is 9.10. The first-order chi connectivity index (χ1) is 9.06. The van der Waals surface area contributed by atoms with Crippen molar-refractivity contribution in [2.45, 2.75) is 13.5 Å². The van der Waals surface area contributed by atoms with E-state index in [9.17, 15) is 4.79 Å². The molecule has 1 aromatic carbocycles. The Morgan fingerprint density at radius 2 is 2.32 bits per heavy atom. The maximum Gasteiger partial charge on any atom is 0.252 e. The van der Waals surface area contributed by atoms with Crippen LogP contribution in [0.4, 0.5) is 0 Å². The van der Waals surface area contributed by atoms with E-state index in [0.717, 1.165) is 10.0 Å². The predicted molar refractivity (Wildman–Crippen MR) is 78.4 cm³/mol. The van der Waals surface area contributed by atoms with E-state index in [1.165, 1.54) is 0 Å². The lowest BCUT2D eigenvalue weighted by atomic mass is 10.2. The molecule has 0 aliphatic carbocycles. The first-order valence-corrected chi connectivity index (χ1v) is 6.95. The van der Waals surface area contributed by atoms with Crippen LogP contribution in [0, 0.1) is 6.92 Å². The Labute approximate surface area is 124 Å². The minimum Gasteiger partial charge on any atom is -0.350 e. The maximum atomic E-state index is 12.0. The summed E-state index contributed by atoms with van der Waals surface area (Å²) in [4.78, 5) is 12.0. The quantitative estimate of drug-likeness (QED) is 0.928. The van der Waals surface area contributed by atoms with E-state index in [0.29, 0.717) is 23.7 Å². The van der Waals surface area contributed by atoms with Gasteiger partial charge in [0.15, 0.2) is 0 Å². The van der Waals surface area contributed by atoms with E-state index in [4.69, 9.17) is 11.6 Å². The molecule has 0 aliphatic heterocycles. The zero-order chi connectivity index (χ0) is 13.8. The number of aryl methyl sites for hydroxylation is 1. The summed E-state index contributed by atoms with van der Waals surface area (Å²) in [5.41, 5.74) is 1.63. The van der Waals surface area contributed by atoms with Crippen molar-refractivity contribution in [3.8, 4) is 0 Å². The molecule has 0 fully saturated rings. The van der Waals surface area contributed by atoms with E-state index in [-0.39, 0.29) is 5.91 Å². The molecule has 0 saturated heterocycles. The van der Waals surface area contributed by atoms with E-state index >= 15 is 0 Å². The van der Waals surface area contributed by atoms with Gasteiger partial charge in [0.05, 0.1) is 18.3 Å². The zero-order valence-electron chi connectivity index (χ0n) is 10.4. The third kappa shape index (κ3) is 3.81. The fraction of sp³-hybridized carbons (Fsp3) is 0.231. The minimum absolute atomic E-state index is 0.154. The zero-order valence-corrected chi connectivity index (χ0v) is 12.7. The summed E-state index contributed by atoms with van der Waals surface area (Å²) in [6, 6.07) is 5.13. The Bertz CT molecular complexity index is 597. The normalized spacial score (nSPS) is 10.5. The molecule has 0 bridgehead atoms. The molecular formula is C13H13BrClN3O. The molecule has 0 atom stereocenters. The molecule has 0 unspecified atom stereocenters. The molecule has 2 rings (SSSR count).